The van der Waals surface area contributed by atoms with Crippen molar-refractivity contribution in [3.8, 4) is 5.69 Å². The van der Waals surface area contributed by atoms with E-state index in [2.05, 4.69) is 15.5 Å². The number of aromatic nitrogens is 4. The van der Waals surface area contributed by atoms with E-state index in [4.69, 9.17) is 49.0 Å². The second kappa shape index (κ2) is 10.6. The van der Waals surface area contributed by atoms with Crippen molar-refractivity contribution in [1.29, 1.82) is 0 Å². The first kappa shape index (κ1) is 25.1. The zero-order valence-electron chi connectivity index (χ0n) is 18.3. The van der Waals surface area contributed by atoms with E-state index in [0.29, 0.717) is 24.7 Å². The quantitative estimate of drug-likeness (QED) is 0.539. The Bertz CT molecular complexity index is 898. The van der Waals surface area contributed by atoms with Gasteiger partial charge in [0.25, 0.3) is 0 Å². The minimum atomic E-state index is -1.69. The van der Waals surface area contributed by atoms with Gasteiger partial charge in [-0.2, -0.15) is 10.2 Å². The van der Waals surface area contributed by atoms with E-state index in [-0.39, 0.29) is 18.3 Å². The minimum absolute atomic E-state index is 0.145. The molecule has 1 saturated heterocycles. The second-order valence-corrected chi connectivity index (χ2v) is 11.0. The van der Waals surface area contributed by atoms with E-state index in [1.54, 1.807) is 21.6 Å². The van der Waals surface area contributed by atoms with Gasteiger partial charge in [-0.3, -0.25) is 10.00 Å². The number of carbonyl (C=O) groups is 1. The van der Waals surface area contributed by atoms with Crippen LogP contribution in [0.25, 0.3) is 5.69 Å². The third-order valence-corrected chi connectivity index (χ3v) is 5.03. The Morgan fingerprint density at radius 3 is 2.75 bits per heavy atom. The molecule has 0 aromatic carbocycles. The van der Waals surface area contributed by atoms with Crippen LogP contribution < -0.4 is 5.32 Å². The van der Waals surface area contributed by atoms with Gasteiger partial charge in [0.1, 0.15) is 18.1 Å². The van der Waals surface area contributed by atoms with Crippen LogP contribution in [0.3, 0.4) is 0 Å². The number of ether oxygens (including phenoxy) is 3. The Hall–Kier alpha value is -1.52. The van der Waals surface area contributed by atoms with Crippen molar-refractivity contribution in [2.45, 2.75) is 62.1 Å². The molecule has 1 atom stereocenters. The molecule has 0 aliphatic carbocycles. The Morgan fingerprint density at radius 2 is 2.09 bits per heavy atom. The molecule has 1 unspecified atom stereocenters. The van der Waals surface area contributed by atoms with Crippen LogP contribution in [-0.4, -0.2) is 55.6 Å². The van der Waals surface area contributed by atoms with Crippen molar-refractivity contribution in [3.05, 3.63) is 24.2 Å². The number of hydrogen-bond acceptors (Lipinski definition) is 6. The van der Waals surface area contributed by atoms with E-state index < -0.39 is 9.89 Å². The lowest BCUT2D eigenvalue weighted by molar-refractivity contribution is -0.163. The average molecular weight is 509 g/mol. The standard InChI is InChI=1S/C20H28Cl3N5O4/c1-19(2,3)15-10-16(25-18(29)32-13-20(21,22)23)28(26-15)14-11-24-27(12-14)7-9-31-17-6-4-5-8-30-17/h10-12,17H,4-9,13H2,1-3H3,(H,25,29). The van der Waals surface area contributed by atoms with Gasteiger partial charge in [0.05, 0.1) is 31.2 Å². The summed E-state index contributed by atoms with van der Waals surface area (Å²) in [6.07, 6.45) is 5.69. The molecule has 1 aliphatic rings. The predicted octanol–water partition coefficient (Wildman–Crippen LogP) is 4.83. The zero-order chi connectivity index (χ0) is 23.4. The number of nitrogens with one attached hydrogen (secondary N) is 1. The molecule has 3 rings (SSSR count). The molecule has 1 N–H and O–H groups in total. The lowest BCUT2D eigenvalue weighted by Gasteiger charge is -2.22. The molecule has 9 nitrogen and oxygen atoms in total. The van der Waals surface area contributed by atoms with Gasteiger partial charge in [-0.25, -0.2) is 9.48 Å². The molecule has 0 saturated carbocycles. The number of amides is 1. The fourth-order valence-corrected chi connectivity index (χ4v) is 3.19. The summed E-state index contributed by atoms with van der Waals surface area (Å²) in [5.74, 6) is 0.413. The Balaban J connectivity index is 1.68. The van der Waals surface area contributed by atoms with Crippen LogP contribution in [0, 0.1) is 0 Å². The van der Waals surface area contributed by atoms with Gasteiger partial charge in [0.2, 0.25) is 3.79 Å². The number of anilines is 1. The summed E-state index contributed by atoms with van der Waals surface area (Å²) in [5, 5.41) is 11.7. The molecule has 2 aromatic rings. The zero-order valence-corrected chi connectivity index (χ0v) is 20.6. The summed E-state index contributed by atoms with van der Waals surface area (Å²) in [6.45, 7) is 7.47. The number of rotatable bonds is 7. The van der Waals surface area contributed by atoms with Crippen LogP contribution in [0.4, 0.5) is 10.6 Å². The Labute approximate surface area is 202 Å². The molecule has 1 fully saturated rings. The molecule has 3 heterocycles. The molecular formula is C20H28Cl3N5O4. The summed E-state index contributed by atoms with van der Waals surface area (Å²) in [4.78, 5) is 12.2. The normalized spacial score (nSPS) is 17.4. The van der Waals surface area contributed by atoms with Crippen molar-refractivity contribution in [1.82, 2.24) is 19.6 Å². The van der Waals surface area contributed by atoms with Crippen LogP contribution in [-0.2, 0) is 26.2 Å². The Kier molecular flexibility index (Phi) is 8.32. The summed E-state index contributed by atoms with van der Waals surface area (Å²) < 4.78 is 18.0. The van der Waals surface area contributed by atoms with Gasteiger partial charge in [0, 0.05) is 18.1 Å². The van der Waals surface area contributed by atoms with E-state index in [1.807, 2.05) is 27.0 Å². The SMILES string of the molecule is CC(C)(C)c1cc(NC(=O)OCC(Cl)(Cl)Cl)n(-c2cnn(CCOC3CCCCO3)c2)n1. The molecule has 1 aliphatic heterocycles. The fraction of sp³-hybridized carbons (Fsp3) is 0.650. The van der Waals surface area contributed by atoms with E-state index >= 15 is 0 Å². The first-order valence-electron chi connectivity index (χ1n) is 10.4. The van der Waals surface area contributed by atoms with Gasteiger partial charge in [-0.05, 0) is 19.3 Å². The number of hydrogen-bond donors (Lipinski definition) is 1. The summed E-state index contributed by atoms with van der Waals surface area (Å²) in [5.41, 5.74) is 1.21. The molecule has 0 bridgehead atoms. The minimum Gasteiger partial charge on any atom is -0.445 e. The average Bonchev–Trinajstić information content (AvgIpc) is 3.33. The molecule has 32 heavy (non-hydrogen) atoms. The number of halogens is 3. The second-order valence-electron chi connectivity index (χ2n) is 8.52. The third kappa shape index (κ3) is 7.52. The van der Waals surface area contributed by atoms with Crippen molar-refractivity contribution < 1.29 is 19.0 Å². The summed E-state index contributed by atoms with van der Waals surface area (Å²) in [7, 11) is 0. The molecular weight excluding hydrogens is 481 g/mol. The van der Waals surface area contributed by atoms with Crippen molar-refractivity contribution in [2.24, 2.45) is 0 Å². The van der Waals surface area contributed by atoms with E-state index in [9.17, 15) is 4.79 Å². The lowest BCUT2D eigenvalue weighted by atomic mass is 9.92. The van der Waals surface area contributed by atoms with Crippen LogP contribution in [0.2, 0.25) is 0 Å². The maximum absolute atomic E-state index is 12.2. The highest BCUT2D eigenvalue weighted by atomic mass is 35.6. The molecule has 1 amide bonds. The maximum atomic E-state index is 12.2. The van der Waals surface area contributed by atoms with Crippen LogP contribution in [0.1, 0.15) is 45.7 Å². The monoisotopic (exact) mass is 507 g/mol. The van der Waals surface area contributed by atoms with Crippen molar-refractivity contribution in [2.75, 3.05) is 25.1 Å². The molecule has 178 valence electrons. The predicted molar refractivity (Wildman–Crippen MR) is 123 cm³/mol. The highest BCUT2D eigenvalue weighted by Crippen LogP contribution is 2.28. The maximum Gasteiger partial charge on any atom is 0.412 e. The van der Waals surface area contributed by atoms with Crippen LogP contribution >= 0.6 is 34.8 Å². The fourth-order valence-electron chi connectivity index (χ4n) is 3.03. The molecule has 0 spiro atoms. The molecule has 0 radical (unpaired) electrons. The lowest BCUT2D eigenvalue weighted by Crippen LogP contribution is -2.24. The number of nitrogens with zero attached hydrogens (tertiary/aromatic N) is 4. The molecule has 12 heteroatoms. The van der Waals surface area contributed by atoms with Crippen molar-refractivity contribution in [3.63, 3.8) is 0 Å². The molecule has 2 aromatic heterocycles. The Morgan fingerprint density at radius 1 is 1.31 bits per heavy atom. The third-order valence-electron chi connectivity index (χ3n) is 4.70. The van der Waals surface area contributed by atoms with Gasteiger partial charge in [-0.15, -0.1) is 0 Å². The van der Waals surface area contributed by atoms with Gasteiger partial charge >= 0.3 is 6.09 Å². The number of alkyl halides is 3. The first-order valence-corrected chi connectivity index (χ1v) is 11.5. The van der Waals surface area contributed by atoms with E-state index in [0.717, 1.165) is 31.6 Å². The van der Waals surface area contributed by atoms with Gasteiger partial charge in [0.15, 0.2) is 6.29 Å². The van der Waals surface area contributed by atoms with Gasteiger partial charge < -0.3 is 14.2 Å². The summed E-state index contributed by atoms with van der Waals surface area (Å²) in [6, 6.07) is 1.78. The first-order chi connectivity index (χ1) is 15.0. The number of carbonyl (C=O) groups excluding carboxylic acids is 1. The van der Waals surface area contributed by atoms with Crippen molar-refractivity contribution >= 4 is 46.7 Å². The highest BCUT2D eigenvalue weighted by Gasteiger charge is 2.25. The van der Waals surface area contributed by atoms with Gasteiger partial charge in [-0.1, -0.05) is 55.6 Å². The van der Waals surface area contributed by atoms with Crippen LogP contribution in [0.5, 0.6) is 0 Å². The van der Waals surface area contributed by atoms with Crippen LogP contribution in [0.15, 0.2) is 18.5 Å². The summed E-state index contributed by atoms with van der Waals surface area (Å²) >= 11 is 16.9. The topological polar surface area (TPSA) is 92.4 Å². The van der Waals surface area contributed by atoms with E-state index in [1.165, 1.54) is 0 Å². The smallest absolute Gasteiger partial charge is 0.412 e. The largest absolute Gasteiger partial charge is 0.445 e. The highest BCUT2D eigenvalue weighted by molar-refractivity contribution is 6.67.